The van der Waals surface area contributed by atoms with E-state index in [-0.39, 0.29) is 29.1 Å². The van der Waals surface area contributed by atoms with Crippen LogP contribution in [0.15, 0.2) is 36.4 Å². The van der Waals surface area contributed by atoms with Gasteiger partial charge in [-0.1, -0.05) is 26.8 Å². The van der Waals surface area contributed by atoms with E-state index in [0.717, 1.165) is 5.69 Å². The van der Waals surface area contributed by atoms with Crippen LogP contribution in [0.1, 0.15) is 44.9 Å². The Bertz CT molecular complexity index is 1360. The highest BCUT2D eigenvalue weighted by molar-refractivity contribution is 6.02. The second kappa shape index (κ2) is 8.14. The molecule has 1 aliphatic heterocycles. The van der Waals surface area contributed by atoms with Crippen LogP contribution < -0.4 is 14.8 Å². The number of hydrogen-bond acceptors (Lipinski definition) is 5. The Balaban J connectivity index is 1.46. The van der Waals surface area contributed by atoms with Gasteiger partial charge < -0.3 is 29.6 Å². The first-order valence-electron chi connectivity index (χ1n) is 11.7. The monoisotopic (exact) mass is 504 g/mol. The lowest BCUT2D eigenvalue weighted by Gasteiger charge is -2.23. The first-order valence-corrected chi connectivity index (χ1v) is 11.7. The predicted molar refractivity (Wildman–Crippen MR) is 126 cm³/mol. The molecule has 10 heteroatoms. The second-order valence-electron chi connectivity index (χ2n) is 10.5. The fraction of sp³-hybridized carbons (Fsp3) is 0.423. The van der Waals surface area contributed by atoms with Crippen LogP contribution in [-0.4, -0.2) is 39.7 Å². The number of anilines is 1. The molecule has 1 amide bonds. The molecule has 1 fully saturated rings. The van der Waals surface area contributed by atoms with E-state index in [4.69, 9.17) is 0 Å². The molecule has 1 aromatic heterocycles. The molecule has 1 saturated carbocycles. The highest BCUT2D eigenvalue weighted by atomic mass is 19.3. The van der Waals surface area contributed by atoms with Gasteiger partial charge in [-0.2, -0.15) is 0 Å². The molecule has 1 aliphatic carbocycles. The molecule has 192 valence electrons. The number of benzene rings is 2. The number of ether oxygens (including phenoxy) is 2. The minimum absolute atomic E-state index is 0.00799. The quantitative estimate of drug-likeness (QED) is 0.462. The zero-order valence-electron chi connectivity index (χ0n) is 20.1. The van der Waals surface area contributed by atoms with Crippen LogP contribution in [0.2, 0.25) is 0 Å². The Kier molecular flexibility index (Phi) is 5.53. The van der Waals surface area contributed by atoms with E-state index in [0.29, 0.717) is 29.3 Å². The number of carbonyl (C=O) groups excluding carboxylic acids is 1. The van der Waals surface area contributed by atoms with E-state index >= 15 is 4.39 Å². The van der Waals surface area contributed by atoms with Crippen molar-refractivity contribution in [3.05, 3.63) is 53.5 Å². The molecule has 0 bridgehead atoms. The van der Waals surface area contributed by atoms with Crippen molar-refractivity contribution in [2.24, 2.45) is 0 Å². The minimum atomic E-state index is -3.76. The van der Waals surface area contributed by atoms with Gasteiger partial charge in [0.25, 0.3) is 0 Å². The number of carbonyl (C=O) groups is 1. The van der Waals surface area contributed by atoms with Gasteiger partial charge in [-0.05, 0) is 42.7 Å². The molecule has 1 unspecified atom stereocenters. The molecule has 7 nitrogen and oxygen atoms in total. The van der Waals surface area contributed by atoms with Gasteiger partial charge in [0.05, 0.1) is 35.9 Å². The van der Waals surface area contributed by atoms with Crippen molar-refractivity contribution >= 4 is 22.5 Å². The third-order valence-electron chi connectivity index (χ3n) is 6.75. The molecule has 0 radical (unpaired) electrons. The Morgan fingerprint density at radius 1 is 1.14 bits per heavy atom. The molecule has 2 aliphatic rings. The lowest BCUT2D eigenvalue weighted by molar-refractivity contribution is -0.286. The third kappa shape index (κ3) is 4.18. The Hall–Kier alpha value is -3.24. The van der Waals surface area contributed by atoms with Gasteiger partial charge >= 0.3 is 6.29 Å². The van der Waals surface area contributed by atoms with Gasteiger partial charge in [0, 0.05) is 22.6 Å². The summed E-state index contributed by atoms with van der Waals surface area (Å²) >= 11 is 0. The fourth-order valence-electron chi connectivity index (χ4n) is 4.73. The molecule has 36 heavy (non-hydrogen) atoms. The van der Waals surface area contributed by atoms with Crippen molar-refractivity contribution < 1.29 is 37.7 Å². The average molecular weight is 505 g/mol. The maximum atomic E-state index is 15.2. The molecule has 0 saturated heterocycles. The Morgan fingerprint density at radius 3 is 2.47 bits per heavy atom. The molecular formula is C26H27F3N2O5. The SMILES string of the molecule is CC(C)(C)c1cc2cc(NC(=O)C3(c4ccc5c(c4)OC(F)(F)O5)CC3)c(F)cc2n1CC(O)CO. The predicted octanol–water partition coefficient (Wildman–Crippen LogP) is 4.42. The Morgan fingerprint density at radius 2 is 1.83 bits per heavy atom. The van der Waals surface area contributed by atoms with E-state index in [2.05, 4.69) is 14.8 Å². The Labute approximate surface area is 205 Å². The van der Waals surface area contributed by atoms with Crippen molar-refractivity contribution in [2.75, 3.05) is 11.9 Å². The molecular weight excluding hydrogens is 477 g/mol. The number of aromatic nitrogens is 1. The topological polar surface area (TPSA) is 93.0 Å². The smallest absolute Gasteiger partial charge is 0.395 e. The normalized spacial score (nSPS) is 18.3. The molecule has 5 rings (SSSR count). The third-order valence-corrected chi connectivity index (χ3v) is 6.75. The molecule has 2 heterocycles. The average Bonchev–Trinajstić information content (AvgIpc) is 3.44. The summed E-state index contributed by atoms with van der Waals surface area (Å²) in [5.41, 5.74) is 0.532. The molecule has 3 aromatic rings. The number of nitrogens with zero attached hydrogens (tertiary/aromatic N) is 1. The summed E-state index contributed by atoms with van der Waals surface area (Å²) < 4.78 is 52.7. The van der Waals surface area contributed by atoms with Crippen LogP contribution in [0.5, 0.6) is 11.5 Å². The van der Waals surface area contributed by atoms with Gasteiger partial charge in [-0.3, -0.25) is 4.79 Å². The number of halogens is 3. The zero-order valence-corrected chi connectivity index (χ0v) is 20.1. The van der Waals surface area contributed by atoms with Crippen molar-refractivity contribution in [1.82, 2.24) is 4.57 Å². The minimum Gasteiger partial charge on any atom is -0.395 e. The van der Waals surface area contributed by atoms with E-state index in [9.17, 15) is 23.8 Å². The largest absolute Gasteiger partial charge is 0.586 e. The molecule has 2 aromatic carbocycles. The van der Waals surface area contributed by atoms with Crippen molar-refractivity contribution in [1.29, 1.82) is 0 Å². The first kappa shape index (κ1) is 24.5. The van der Waals surface area contributed by atoms with E-state index in [1.54, 1.807) is 4.57 Å². The summed E-state index contributed by atoms with van der Waals surface area (Å²) in [6.07, 6.45) is -3.82. The van der Waals surface area contributed by atoms with Crippen LogP contribution in [-0.2, 0) is 22.2 Å². The maximum Gasteiger partial charge on any atom is 0.586 e. The number of aliphatic hydroxyl groups is 2. The van der Waals surface area contributed by atoms with Crippen molar-refractivity contribution in [3.8, 4) is 11.5 Å². The number of fused-ring (bicyclic) bond motifs is 2. The zero-order chi connectivity index (χ0) is 26.0. The van der Waals surface area contributed by atoms with Crippen LogP contribution in [0.4, 0.5) is 18.9 Å². The summed E-state index contributed by atoms with van der Waals surface area (Å²) in [7, 11) is 0. The van der Waals surface area contributed by atoms with Crippen LogP contribution in [0.3, 0.4) is 0 Å². The first-order chi connectivity index (χ1) is 16.8. The van der Waals surface area contributed by atoms with E-state index in [1.807, 2.05) is 26.8 Å². The van der Waals surface area contributed by atoms with Gasteiger partial charge in [-0.15, -0.1) is 8.78 Å². The lowest BCUT2D eigenvalue weighted by atomic mass is 9.92. The molecule has 0 spiro atoms. The summed E-state index contributed by atoms with van der Waals surface area (Å²) in [6.45, 7) is 5.62. The standard InChI is InChI=1S/C26H27F3N2O5/c1-24(2,3)22-9-14-8-18(17(27)11-19(14)31(22)12-16(33)13-32)30-23(34)25(6-7-25)15-4-5-20-21(10-15)36-26(28,29)35-20/h4-5,8-11,16,32-33H,6-7,12-13H2,1-3H3,(H,30,34). The highest BCUT2D eigenvalue weighted by Gasteiger charge is 2.53. The van der Waals surface area contributed by atoms with Crippen LogP contribution in [0.25, 0.3) is 10.9 Å². The number of aliphatic hydroxyl groups excluding tert-OH is 2. The second-order valence-corrected chi connectivity index (χ2v) is 10.5. The fourth-order valence-corrected chi connectivity index (χ4v) is 4.73. The van der Waals surface area contributed by atoms with Crippen LogP contribution >= 0.6 is 0 Å². The number of amides is 1. The molecule has 3 N–H and O–H groups in total. The summed E-state index contributed by atoms with van der Waals surface area (Å²) in [5, 5.41) is 22.7. The summed E-state index contributed by atoms with van der Waals surface area (Å²) in [6, 6.07) is 8.95. The van der Waals surface area contributed by atoms with Crippen molar-refractivity contribution in [3.63, 3.8) is 0 Å². The highest BCUT2D eigenvalue weighted by Crippen LogP contribution is 2.52. The summed E-state index contributed by atoms with van der Waals surface area (Å²) in [5.74, 6) is -1.36. The van der Waals surface area contributed by atoms with Gasteiger partial charge in [0.15, 0.2) is 11.5 Å². The maximum absolute atomic E-state index is 15.2. The number of nitrogens with one attached hydrogen (secondary N) is 1. The van der Waals surface area contributed by atoms with Gasteiger partial charge in [0.2, 0.25) is 5.91 Å². The lowest BCUT2D eigenvalue weighted by Crippen LogP contribution is -2.28. The van der Waals surface area contributed by atoms with Gasteiger partial charge in [0.1, 0.15) is 5.82 Å². The number of hydrogen-bond donors (Lipinski definition) is 3. The molecule has 1 atom stereocenters. The number of alkyl halides is 2. The van der Waals surface area contributed by atoms with Gasteiger partial charge in [-0.25, -0.2) is 4.39 Å². The number of rotatable bonds is 6. The summed E-state index contributed by atoms with van der Waals surface area (Å²) in [4.78, 5) is 13.3. The van der Waals surface area contributed by atoms with Crippen molar-refractivity contribution in [2.45, 2.75) is 63.4 Å². The van der Waals surface area contributed by atoms with E-state index < -0.39 is 36.1 Å². The van der Waals surface area contributed by atoms with Crippen LogP contribution in [0, 0.1) is 5.82 Å². The van der Waals surface area contributed by atoms with E-state index in [1.165, 1.54) is 30.3 Å².